The molecule has 0 saturated heterocycles. The minimum absolute atomic E-state index is 0.0870. The Bertz CT molecular complexity index is 541. The average Bonchev–Trinajstić information content (AvgIpc) is 2.51. The molecule has 1 unspecified atom stereocenters. The van der Waals surface area contributed by atoms with Gasteiger partial charge in [-0.05, 0) is 73.5 Å². The Morgan fingerprint density at radius 2 is 1.78 bits per heavy atom. The van der Waals surface area contributed by atoms with Gasteiger partial charge in [-0.2, -0.15) is 0 Å². The Hall–Kier alpha value is -0.410. The highest BCUT2D eigenvalue weighted by Crippen LogP contribution is 2.72. The van der Waals surface area contributed by atoms with Gasteiger partial charge in [-0.25, -0.2) is 0 Å². The second-order valence-electron chi connectivity index (χ2n) is 10.1. The molecule has 2 bridgehead atoms. The molecule has 5 saturated carbocycles. The van der Waals surface area contributed by atoms with Gasteiger partial charge in [0.1, 0.15) is 5.78 Å². The monoisotopic (exact) mass is 320 g/mol. The van der Waals surface area contributed by atoms with Crippen LogP contribution in [0.1, 0.15) is 72.1 Å². The summed E-state index contributed by atoms with van der Waals surface area (Å²) in [6, 6.07) is 0. The largest absolute Gasteiger partial charge is 0.393 e. The van der Waals surface area contributed by atoms with E-state index in [9.17, 15) is 15.0 Å². The summed E-state index contributed by atoms with van der Waals surface area (Å²) in [6.07, 6.45) is 8.09. The summed E-state index contributed by atoms with van der Waals surface area (Å²) in [4.78, 5) is 12.5. The van der Waals surface area contributed by atoms with Crippen molar-refractivity contribution in [2.75, 3.05) is 6.61 Å². The molecular formula is C20H32O3. The number of ketones is 1. The van der Waals surface area contributed by atoms with Crippen LogP contribution in [0.25, 0.3) is 0 Å². The van der Waals surface area contributed by atoms with E-state index in [1.807, 2.05) is 0 Å². The molecule has 3 heteroatoms. The topological polar surface area (TPSA) is 57.5 Å². The van der Waals surface area contributed by atoms with Gasteiger partial charge in [-0.15, -0.1) is 0 Å². The fourth-order valence-corrected chi connectivity index (χ4v) is 7.72. The van der Waals surface area contributed by atoms with E-state index < -0.39 is 5.60 Å². The summed E-state index contributed by atoms with van der Waals surface area (Å²) < 4.78 is 0. The number of rotatable bonds is 1. The number of carbonyl (C=O) groups is 1. The van der Waals surface area contributed by atoms with E-state index in [-0.39, 0.29) is 28.8 Å². The Labute approximate surface area is 139 Å². The molecule has 0 aliphatic heterocycles. The third-order valence-corrected chi connectivity index (χ3v) is 8.95. The summed E-state index contributed by atoms with van der Waals surface area (Å²) in [5, 5.41) is 20.7. The lowest BCUT2D eigenvalue weighted by Crippen LogP contribution is -2.66. The van der Waals surface area contributed by atoms with Crippen molar-refractivity contribution in [3.8, 4) is 0 Å². The van der Waals surface area contributed by atoms with E-state index in [1.54, 1.807) is 0 Å². The predicted octanol–water partition coefficient (Wildman–Crippen LogP) is 3.32. The van der Waals surface area contributed by atoms with Crippen molar-refractivity contribution in [3.63, 3.8) is 0 Å². The molecule has 3 nitrogen and oxygen atoms in total. The molecular weight excluding hydrogens is 288 g/mol. The third kappa shape index (κ3) is 1.87. The summed E-state index contributed by atoms with van der Waals surface area (Å²) in [7, 11) is 0. The second kappa shape index (κ2) is 4.60. The zero-order valence-corrected chi connectivity index (χ0v) is 14.9. The van der Waals surface area contributed by atoms with Crippen LogP contribution in [-0.2, 0) is 4.79 Å². The number of hydrogen-bond acceptors (Lipinski definition) is 3. The highest BCUT2D eigenvalue weighted by molar-refractivity contribution is 5.85. The second-order valence-corrected chi connectivity index (χ2v) is 10.1. The molecule has 0 aromatic rings. The summed E-state index contributed by atoms with van der Waals surface area (Å²) >= 11 is 0. The molecule has 0 amide bonds. The smallest absolute Gasteiger partial charge is 0.138 e. The molecule has 0 aromatic heterocycles. The van der Waals surface area contributed by atoms with Crippen LogP contribution >= 0.6 is 0 Å². The van der Waals surface area contributed by atoms with Crippen LogP contribution in [0.5, 0.6) is 0 Å². The maximum Gasteiger partial charge on any atom is 0.138 e. The standard InChI is InChI=1S/C20H32O3/c1-17(2)14-5-9-19-8-4-13(20(23,11-19)12-21)10-15(19)18(14,3)7-6-16(17)22/h13-15,21,23H,4-12H2,1-3H3/t13?,14-,15+,18-,19-,20-/m1/s1. The quantitative estimate of drug-likeness (QED) is 0.779. The Kier molecular flexibility index (Phi) is 3.22. The van der Waals surface area contributed by atoms with Crippen molar-refractivity contribution < 1.29 is 15.0 Å². The molecule has 0 aromatic carbocycles. The van der Waals surface area contributed by atoms with E-state index in [0.717, 1.165) is 44.9 Å². The zero-order chi connectivity index (χ0) is 16.7. The van der Waals surface area contributed by atoms with Gasteiger partial charge in [0, 0.05) is 11.8 Å². The Morgan fingerprint density at radius 3 is 2.48 bits per heavy atom. The van der Waals surface area contributed by atoms with E-state index in [0.29, 0.717) is 17.6 Å². The van der Waals surface area contributed by atoms with Crippen molar-refractivity contribution in [1.82, 2.24) is 0 Å². The van der Waals surface area contributed by atoms with Crippen LogP contribution in [0, 0.1) is 34.0 Å². The number of carbonyl (C=O) groups excluding carboxylic acids is 1. The molecule has 5 fully saturated rings. The predicted molar refractivity (Wildman–Crippen MR) is 88.8 cm³/mol. The zero-order valence-electron chi connectivity index (χ0n) is 14.9. The normalized spacial score (nSPS) is 54.5. The minimum atomic E-state index is -0.849. The number of Topliss-reactive ketones (excluding diaryl/α,β-unsaturated/α-hetero) is 1. The summed E-state index contributed by atoms with van der Waals surface area (Å²) in [5.74, 6) is 1.79. The lowest BCUT2D eigenvalue weighted by molar-refractivity contribution is -0.240. The Balaban J connectivity index is 1.73. The first-order chi connectivity index (χ1) is 10.7. The molecule has 130 valence electrons. The SMILES string of the molecule is CC1(C)C(=O)CC[C@]2(C)[C@@H]1CC[C@@]13CCC(C[C@H]12)[C@](O)(CO)C3. The van der Waals surface area contributed by atoms with Gasteiger partial charge in [0.15, 0.2) is 0 Å². The fraction of sp³-hybridized carbons (Fsp3) is 0.950. The lowest BCUT2D eigenvalue weighted by atomic mass is 9.36. The molecule has 5 aliphatic carbocycles. The maximum atomic E-state index is 12.5. The molecule has 5 aliphatic rings. The van der Waals surface area contributed by atoms with Crippen LogP contribution in [0.3, 0.4) is 0 Å². The van der Waals surface area contributed by atoms with E-state index in [4.69, 9.17) is 0 Å². The highest BCUT2D eigenvalue weighted by Gasteiger charge is 2.67. The number of aliphatic hydroxyl groups is 2. The number of fused-ring (bicyclic) bond motifs is 3. The van der Waals surface area contributed by atoms with Crippen LogP contribution in [0.15, 0.2) is 0 Å². The third-order valence-electron chi connectivity index (χ3n) is 8.95. The van der Waals surface area contributed by atoms with E-state index in [2.05, 4.69) is 20.8 Å². The van der Waals surface area contributed by atoms with E-state index in [1.165, 1.54) is 6.42 Å². The van der Waals surface area contributed by atoms with Gasteiger partial charge in [0.05, 0.1) is 12.2 Å². The van der Waals surface area contributed by atoms with Gasteiger partial charge >= 0.3 is 0 Å². The van der Waals surface area contributed by atoms with Crippen molar-refractivity contribution >= 4 is 5.78 Å². The number of aliphatic hydroxyl groups excluding tert-OH is 1. The van der Waals surface area contributed by atoms with Crippen molar-refractivity contribution in [1.29, 1.82) is 0 Å². The van der Waals surface area contributed by atoms with Crippen LogP contribution in [-0.4, -0.2) is 28.2 Å². The summed E-state index contributed by atoms with van der Waals surface area (Å²) in [6.45, 7) is 6.69. The molecule has 2 N–H and O–H groups in total. The van der Waals surface area contributed by atoms with Crippen molar-refractivity contribution in [2.24, 2.45) is 34.0 Å². The lowest BCUT2D eigenvalue weighted by Gasteiger charge is -2.69. The van der Waals surface area contributed by atoms with Gasteiger partial charge < -0.3 is 10.2 Å². The molecule has 0 heterocycles. The molecule has 0 radical (unpaired) electrons. The van der Waals surface area contributed by atoms with Crippen LogP contribution in [0.2, 0.25) is 0 Å². The first-order valence-corrected chi connectivity index (χ1v) is 9.55. The van der Waals surface area contributed by atoms with Gasteiger partial charge in [-0.3, -0.25) is 4.79 Å². The van der Waals surface area contributed by atoms with E-state index >= 15 is 0 Å². The number of hydrogen-bond donors (Lipinski definition) is 2. The maximum absolute atomic E-state index is 12.5. The van der Waals surface area contributed by atoms with Gasteiger partial charge in [-0.1, -0.05) is 20.8 Å². The van der Waals surface area contributed by atoms with Crippen molar-refractivity contribution in [3.05, 3.63) is 0 Å². The fourth-order valence-electron chi connectivity index (χ4n) is 7.72. The summed E-state index contributed by atoms with van der Waals surface area (Å²) in [5.41, 5.74) is -0.615. The molecule has 23 heavy (non-hydrogen) atoms. The highest BCUT2D eigenvalue weighted by atomic mass is 16.3. The van der Waals surface area contributed by atoms with Crippen LogP contribution in [0.4, 0.5) is 0 Å². The first kappa shape index (κ1) is 16.1. The van der Waals surface area contributed by atoms with Gasteiger partial charge in [0.25, 0.3) is 0 Å². The average molecular weight is 320 g/mol. The molecule has 5 rings (SSSR count). The molecule has 1 spiro atoms. The van der Waals surface area contributed by atoms with Crippen molar-refractivity contribution in [2.45, 2.75) is 77.7 Å². The Morgan fingerprint density at radius 1 is 1.09 bits per heavy atom. The van der Waals surface area contributed by atoms with Gasteiger partial charge in [0.2, 0.25) is 0 Å². The first-order valence-electron chi connectivity index (χ1n) is 9.55. The molecule has 6 atom stereocenters. The van der Waals surface area contributed by atoms with Crippen LogP contribution < -0.4 is 0 Å². The minimum Gasteiger partial charge on any atom is -0.393 e.